The standard InChI is InChI=1S/C17H20N2O3/c1-4-21-17(20)16-12(2)15(19-13(16)3)10-18-22-11-14-8-6-5-7-9-14/h5-10,19H,4,11H2,1-3H3/b18-10+. The molecular formula is C17H20N2O3. The molecule has 1 aromatic heterocycles. The lowest BCUT2D eigenvalue weighted by Crippen LogP contribution is -2.06. The van der Waals surface area contributed by atoms with Gasteiger partial charge in [-0.25, -0.2) is 4.79 Å². The van der Waals surface area contributed by atoms with Crippen LogP contribution >= 0.6 is 0 Å². The number of nitrogens with one attached hydrogen (secondary N) is 1. The van der Waals surface area contributed by atoms with Crippen molar-refractivity contribution < 1.29 is 14.4 Å². The van der Waals surface area contributed by atoms with E-state index in [1.54, 1.807) is 13.1 Å². The third kappa shape index (κ3) is 3.75. The maximum absolute atomic E-state index is 11.9. The Morgan fingerprint density at radius 2 is 2.00 bits per heavy atom. The molecule has 116 valence electrons. The summed E-state index contributed by atoms with van der Waals surface area (Å²) in [5.74, 6) is -0.321. The number of ether oxygens (including phenoxy) is 1. The van der Waals surface area contributed by atoms with Gasteiger partial charge in [-0.2, -0.15) is 0 Å². The number of esters is 1. The average Bonchev–Trinajstić information content (AvgIpc) is 2.79. The molecular weight excluding hydrogens is 280 g/mol. The molecule has 22 heavy (non-hydrogen) atoms. The number of benzene rings is 1. The molecule has 0 saturated heterocycles. The second-order valence-electron chi connectivity index (χ2n) is 4.88. The van der Waals surface area contributed by atoms with Gasteiger partial charge in [-0.3, -0.25) is 0 Å². The van der Waals surface area contributed by atoms with Crippen LogP contribution < -0.4 is 0 Å². The highest BCUT2D eigenvalue weighted by Gasteiger charge is 2.18. The Kier molecular flexibility index (Phi) is 5.36. The number of aromatic amines is 1. The SMILES string of the molecule is CCOC(=O)c1c(C)[nH]c(/C=N/OCc2ccccc2)c1C. The summed E-state index contributed by atoms with van der Waals surface area (Å²) in [7, 11) is 0. The van der Waals surface area contributed by atoms with E-state index >= 15 is 0 Å². The number of carbonyl (C=O) groups excluding carboxylic acids is 1. The van der Waals surface area contributed by atoms with E-state index in [0.29, 0.717) is 18.8 Å². The fraction of sp³-hybridized carbons (Fsp3) is 0.294. The number of hydrogen-bond donors (Lipinski definition) is 1. The van der Waals surface area contributed by atoms with Crippen LogP contribution in [0.1, 0.15) is 39.8 Å². The highest BCUT2D eigenvalue weighted by molar-refractivity contribution is 5.95. The lowest BCUT2D eigenvalue weighted by atomic mass is 10.1. The zero-order chi connectivity index (χ0) is 15.9. The second-order valence-corrected chi connectivity index (χ2v) is 4.88. The molecule has 0 fully saturated rings. The van der Waals surface area contributed by atoms with Crippen LogP contribution in [0.3, 0.4) is 0 Å². The third-order valence-corrected chi connectivity index (χ3v) is 3.29. The van der Waals surface area contributed by atoms with Gasteiger partial charge < -0.3 is 14.6 Å². The van der Waals surface area contributed by atoms with Crippen LogP contribution in [0.25, 0.3) is 0 Å². The van der Waals surface area contributed by atoms with E-state index < -0.39 is 0 Å². The zero-order valence-corrected chi connectivity index (χ0v) is 13.1. The maximum atomic E-state index is 11.9. The summed E-state index contributed by atoms with van der Waals surface area (Å²) in [6.07, 6.45) is 1.58. The number of carbonyl (C=O) groups is 1. The minimum absolute atomic E-state index is 0.321. The van der Waals surface area contributed by atoms with Gasteiger partial charge in [-0.1, -0.05) is 35.5 Å². The van der Waals surface area contributed by atoms with Gasteiger partial charge in [0.25, 0.3) is 0 Å². The normalized spacial score (nSPS) is 10.9. The predicted octanol–water partition coefficient (Wildman–Crippen LogP) is 3.36. The highest BCUT2D eigenvalue weighted by atomic mass is 16.6. The van der Waals surface area contributed by atoms with Crippen molar-refractivity contribution >= 4 is 12.2 Å². The summed E-state index contributed by atoms with van der Waals surface area (Å²) >= 11 is 0. The summed E-state index contributed by atoms with van der Waals surface area (Å²) in [4.78, 5) is 20.3. The number of oxime groups is 1. The Bertz CT molecular complexity index is 660. The average molecular weight is 300 g/mol. The van der Waals surface area contributed by atoms with Crippen LogP contribution in [-0.4, -0.2) is 23.8 Å². The van der Waals surface area contributed by atoms with E-state index in [4.69, 9.17) is 9.57 Å². The Labute approximate surface area is 129 Å². The predicted molar refractivity (Wildman–Crippen MR) is 85.0 cm³/mol. The van der Waals surface area contributed by atoms with Crippen LogP contribution in [-0.2, 0) is 16.2 Å². The van der Waals surface area contributed by atoms with Gasteiger partial charge in [0.2, 0.25) is 0 Å². The van der Waals surface area contributed by atoms with Crippen molar-refractivity contribution in [3.63, 3.8) is 0 Å². The Balaban J connectivity index is 2.02. The molecule has 0 aliphatic rings. The van der Waals surface area contributed by atoms with E-state index in [0.717, 1.165) is 22.5 Å². The molecule has 1 aromatic carbocycles. The molecule has 0 spiro atoms. The molecule has 1 heterocycles. The number of nitrogens with zero attached hydrogens (tertiary/aromatic N) is 1. The maximum Gasteiger partial charge on any atom is 0.340 e. The van der Waals surface area contributed by atoms with E-state index in [9.17, 15) is 4.79 Å². The summed E-state index contributed by atoms with van der Waals surface area (Å²) in [5.41, 5.74) is 3.93. The van der Waals surface area contributed by atoms with Crippen LogP contribution in [0.15, 0.2) is 35.5 Å². The first-order valence-corrected chi connectivity index (χ1v) is 7.19. The Morgan fingerprint density at radius 3 is 2.68 bits per heavy atom. The van der Waals surface area contributed by atoms with Gasteiger partial charge in [-0.15, -0.1) is 0 Å². The topological polar surface area (TPSA) is 63.7 Å². The minimum atomic E-state index is -0.321. The van der Waals surface area contributed by atoms with Crippen molar-refractivity contribution in [2.24, 2.45) is 5.16 Å². The van der Waals surface area contributed by atoms with Crippen molar-refractivity contribution in [1.29, 1.82) is 0 Å². The second kappa shape index (κ2) is 7.45. The van der Waals surface area contributed by atoms with E-state index in [2.05, 4.69) is 10.1 Å². The Morgan fingerprint density at radius 1 is 1.27 bits per heavy atom. The molecule has 0 aliphatic carbocycles. The van der Waals surface area contributed by atoms with Crippen LogP contribution in [0.5, 0.6) is 0 Å². The summed E-state index contributed by atoms with van der Waals surface area (Å²) in [6, 6.07) is 9.80. The summed E-state index contributed by atoms with van der Waals surface area (Å²) < 4.78 is 5.05. The molecule has 2 rings (SSSR count). The van der Waals surface area contributed by atoms with Crippen LogP contribution in [0.2, 0.25) is 0 Å². The highest BCUT2D eigenvalue weighted by Crippen LogP contribution is 2.17. The monoisotopic (exact) mass is 300 g/mol. The molecule has 2 aromatic rings. The largest absolute Gasteiger partial charge is 0.462 e. The minimum Gasteiger partial charge on any atom is -0.462 e. The molecule has 0 aliphatic heterocycles. The zero-order valence-electron chi connectivity index (χ0n) is 13.1. The quantitative estimate of drug-likeness (QED) is 0.505. The number of hydrogen-bond acceptors (Lipinski definition) is 4. The fourth-order valence-corrected chi connectivity index (χ4v) is 2.19. The van der Waals surface area contributed by atoms with Gasteiger partial charge in [0, 0.05) is 5.69 Å². The smallest absolute Gasteiger partial charge is 0.340 e. The molecule has 5 nitrogen and oxygen atoms in total. The molecule has 1 N–H and O–H groups in total. The molecule has 0 amide bonds. The van der Waals surface area contributed by atoms with E-state index in [-0.39, 0.29) is 5.97 Å². The number of H-pyrrole nitrogens is 1. The number of aryl methyl sites for hydroxylation is 1. The fourth-order valence-electron chi connectivity index (χ4n) is 2.19. The lowest BCUT2D eigenvalue weighted by molar-refractivity contribution is 0.0525. The van der Waals surface area contributed by atoms with Gasteiger partial charge in [0.1, 0.15) is 6.61 Å². The Hall–Kier alpha value is -2.56. The summed E-state index contributed by atoms with van der Waals surface area (Å²) in [6.45, 7) is 6.23. The molecule has 0 radical (unpaired) electrons. The summed E-state index contributed by atoms with van der Waals surface area (Å²) in [5, 5.41) is 3.95. The van der Waals surface area contributed by atoms with Crippen molar-refractivity contribution in [3.8, 4) is 0 Å². The van der Waals surface area contributed by atoms with E-state index in [1.807, 2.05) is 44.2 Å². The van der Waals surface area contributed by atoms with Gasteiger partial charge in [-0.05, 0) is 31.9 Å². The van der Waals surface area contributed by atoms with Gasteiger partial charge >= 0.3 is 5.97 Å². The number of aromatic nitrogens is 1. The lowest BCUT2D eigenvalue weighted by Gasteiger charge is -2.01. The van der Waals surface area contributed by atoms with Crippen molar-refractivity contribution in [1.82, 2.24) is 4.98 Å². The first kappa shape index (κ1) is 15.8. The molecule has 0 bridgehead atoms. The molecule has 0 unspecified atom stereocenters. The molecule has 0 atom stereocenters. The van der Waals surface area contributed by atoms with Crippen molar-refractivity contribution in [3.05, 3.63) is 58.4 Å². The van der Waals surface area contributed by atoms with Crippen molar-refractivity contribution in [2.75, 3.05) is 6.61 Å². The third-order valence-electron chi connectivity index (χ3n) is 3.29. The van der Waals surface area contributed by atoms with E-state index in [1.165, 1.54) is 0 Å². The van der Waals surface area contributed by atoms with Crippen molar-refractivity contribution in [2.45, 2.75) is 27.4 Å². The van der Waals surface area contributed by atoms with Crippen LogP contribution in [0.4, 0.5) is 0 Å². The van der Waals surface area contributed by atoms with Gasteiger partial charge in [0.05, 0.1) is 24.1 Å². The van der Waals surface area contributed by atoms with Crippen LogP contribution in [0, 0.1) is 13.8 Å². The van der Waals surface area contributed by atoms with Gasteiger partial charge in [0.15, 0.2) is 0 Å². The first-order valence-electron chi connectivity index (χ1n) is 7.19. The first-order chi connectivity index (χ1) is 10.6. The number of rotatable bonds is 6. The molecule has 5 heteroatoms. The molecule has 0 saturated carbocycles.